The third kappa shape index (κ3) is 4.36. The van der Waals surface area contributed by atoms with Crippen LogP contribution in [0.25, 0.3) is 10.9 Å². The highest BCUT2D eigenvalue weighted by atomic mass is 19.1. The summed E-state index contributed by atoms with van der Waals surface area (Å²) in [5.41, 5.74) is 1.70. The van der Waals surface area contributed by atoms with E-state index in [1.807, 2.05) is 12.1 Å². The van der Waals surface area contributed by atoms with Crippen LogP contribution in [0.15, 0.2) is 48.5 Å². The van der Waals surface area contributed by atoms with Gasteiger partial charge in [-0.3, -0.25) is 4.79 Å². The molecule has 2 N–H and O–H groups in total. The number of ether oxygens (including phenoxy) is 2. The van der Waals surface area contributed by atoms with E-state index < -0.39 is 0 Å². The number of rotatable bonds is 7. The number of aromatic amines is 1. The van der Waals surface area contributed by atoms with Gasteiger partial charge in [-0.2, -0.15) is 0 Å². The van der Waals surface area contributed by atoms with Crippen LogP contribution in [0.5, 0.6) is 5.75 Å². The first-order valence-electron chi connectivity index (χ1n) is 7.97. The van der Waals surface area contributed by atoms with Crippen LogP contribution in [0.1, 0.15) is 16.9 Å². The summed E-state index contributed by atoms with van der Waals surface area (Å²) in [6, 6.07) is 13.1. The van der Waals surface area contributed by atoms with E-state index in [0.717, 1.165) is 6.42 Å². The molecule has 6 heteroatoms. The standard InChI is InChI=1S/C19H19FN2O3/c1-24-8-3-9-25-16-5-2-4-15(12-16)21-19(23)18-11-13-10-14(20)6-7-17(13)22-18/h2,4-7,10-12,22H,3,8-9H2,1H3,(H,21,23). The lowest BCUT2D eigenvalue weighted by atomic mass is 10.2. The van der Waals surface area contributed by atoms with Crippen LogP contribution in [-0.2, 0) is 4.74 Å². The van der Waals surface area contributed by atoms with Crippen molar-refractivity contribution in [2.45, 2.75) is 6.42 Å². The fourth-order valence-electron chi connectivity index (χ4n) is 2.48. The van der Waals surface area contributed by atoms with Crippen molar-refractivity contribution in [2.24, 2.45) is 0 Å². The quantitative estimate of drug-likeness (QED) is 0.639. The Morgan fingerprint density at radius 2 is 2.04 bits per heavy atom. The molecule has 0 aliphatic carbocycles. The Morgan fingerprint density at radius 3 is 2.88 bits per heavy atom. The van der Waals surface area contributed by atoms with Gasteiger partial charge in [0.2, 0.25) is 0 Å². The molecule has 0 saturated carbocycles. The molecule has 0 atom stereocenters. The first-order chi connectivity index (χ1) is 12.2. The fourth-order valence-corrected chi connectivity index (χ4v) is 2.48. The van der Waals surface area contributed by atoms with E-state index in [4.69, 9.17) is 9.47 Å². The number of nitrogens with one attached hydrogen (secondary N) is 2. The Balaban J connectivity index is 1.67. The summed E-state index contributed by atoms with van der Waals surface area (Å²) in [5.74, 6) is 0.0394. The highest BCUT2D eigenvalue weighted by molar-refractivity contribution is 6.06. The third-order valence-corrected chi connectivity index (χ3v) is 3.68. The molecule has 1 heterocycles. The number of methoxy groups -OCH3 is 1. The maximum absolute atomic E-state index is 13.3. The maximum Gasteiger partial charge on any atom is 0.272 e. The lowest BCUT2D eigenvalue weighted by molar-refractivity contribution is 0.102. The molecular weight excluding hydrogens is 323 g/mol. The third-order valence-electron chi connectivity index (χ3n) is 3.68. The van der Waals surface area contributed by atoms with Crippen LogP contribution < -0.4 is 10.1 Å². The van der Waals surface area contributed by atoms with E-state index in [0.29, 0.717) is 41.2 Å². The highest BCUT2D eigenvalue weighted by Crippen LogP contribution is 2.20. The molecule has 0 unspecified atom stereocenters. The second-order valence-electron chi connectivity index (χ2n) is 5.59. The molecule has 3 rings (SSSR count). The zero-order chi connectivity index (χ0) is 17.6. The van der Waals surface area contributed by atoms with Gasteiger partial charge in [0.05, 0.1) is 6.61 Å². The molecule has 1 amide bonds. The summed E-state index contributed by atoms with van der Waals surface area (Å²) in [4.78, 5) is 15.4. The summed E-state index contributed by atoms with van der Waals surface area (Å²) in [6.45, 7) is 1.18. The summed E-state index contributed by atoms with van der Waals surface area (Å²) in [6.07, 6.45) is 0.790. The van der Waals surface area contributed by atoms with Crippen LogP contribution in [0.4, 0.5) is 10.1 Å². The zero-order valence-corrected chi connectivity index (χ0v) is 13.8. The SMILES string of the molecule is COCCCOc1cccc(NC(=O)c2cc3cc(F)ccc3[nH]2)c1. The molecule has 0 bridgehead atoms. The minimum absolute atomic E-state index is 0.298. The van der Waals surface area contributed by atoms with E-state index in [1.165, 1.54) is 12.1 Å². The minimum atomic E-state index is -0.336. The predicted octanol–water partition coefficient (Wildman–Crippen LogP) is 3.97. The molecule has 25 heavy (non-hydrogen) atoms. The molecule has 2 aromatic carbocycles. The minimum Gasteiger partial charge on any atom is -0.493 e. The lowest BCUT2D eigenvalue weighted by Gasteiger charge is -2.08. The van der Waals surface area contributed by atoms with Crippen LogP contribution in [0.3, 0.4) is 0 Å². The number of carbonyl (C=O) groups excluding carboxylic acids is 1. The molecule has 0 saturated heterocycles. The number of amides is 1. The summed E-state index contributed by atoms with van der Waals surface area (Å²) in [7, 11) is 1.65. The van der Waals surface area contributed by atoms with Gasteiger partial charge in [-0.15, -0.1) is 0 Å². The van der Waals surface area contributed by atoms with E-state index in [1.54, 1.807) is 31.4 Å². The van der Waals surface area contributed by atoms with Gasteiger partial charge in [-0.05, 0) is 36.4 Å². The van der Waals surface area contributed by atoms with Crippen LogP contribution >= 0.6 is 0 Å². The van der Waals surface area contributed by atoms with E-state index in [9.17, 15) is 9.18 Å². The number of anilines is 1. The number of hydrogen-bond acceptors (Lipinski definition) is 3. The average Bonchev–Trinajstić information content (AvgIpc) is 3.02. The molecule has 0 radical (unpaired) electrons. The fraction of sp³-hybridized carbons (Fsp3) is 0.211. The molecule has 0 aliphatic rings. The van der Waals surface area contributed by atoms with Crippen LogP contribution in [0.2, 0.25) is 0 Å². The molecule has 0 fully saturated rings. The van der Waals surface area contributed by atoms with Gasteiger partial charge in [0.25, 0.3) is 5.91 Å². The number of hydrogen-bond donors (Lipinski definition) is 2. The molecule has 130 valence electrons. The van der Waals surface area contributed by atoms with Crippen LogP contribution in [0, 0.1) is 5.82 Å². The Kier molecular flexibility index (Phi) is 5.30. The van der Waals surface area contributed by atoms with Crippen LogP contribution in [-0.4, -0.2) is 31.2 Å². The van der Waals surface area contributed by atoms with Crippen molar-refractivity contribution < 1.29 is 18.7 Å². The van der Waals surface area contributed by atoms with Gasteiger partial charge in [-0.1, -0.05) is 6.07 Å². The number of aromatic nitrogens is 1. The smallest absolute Gasteiger partial charge is 0.272 e. The van der Waals surface area contributed by atoms with Crippen molar-refractivity contribution in [3.05, 3.63) is 60.0 Å². The van der Waals surface area contributed by atoms with E-state index in [-0.39, 0.29) is 11.7 Å². The number of carbonyl (C=O) groups is 1. The Hall–Kier alpha value is -2.86. The first-order valence-corrected chi connectivity index (χ1v) is 7.97. The topological polar surface area (TPSA) is 63.4 Å². The maximum atomic E-state index is 13.3. The highest BCUT2D eigenvalue weighted by Gasteiger charge is 2.10. The average molecular weight is 342 g/mol. The molecule has 3 aromatic rings. The Labute approximate surface area is 144 Å². The van der Waals surface area contributed by atoms with Crippen molar-refractivity contribution in [1.82, 2.24) is 4.98 Å². The molecule has 0 spiro atoms. The van der Waals surface area contributed by atoms with Gasteiger partial charge in [0.1, 0.15) is 17.3 Å². The van der Waals surface area contributed by atoms with Crippen molar-refractivity contribution >= 4 is 22.5 Å². The van der Waals surface area contributed by atoms with Gasteiger partial charge in [0.15, 0.2) is 0 Å². The Morgan fingerprint density at radius 1 is 1.16 bits per heavy atom. The molecule has 5 nitrogen and oxygen atoms in total. The largest absolute Gasteiger partial charge is 0.493 e. The van der Waals surface area contributed by atoms with E-state index >= 15 is 0 Å². The zero-order valence-electron chi connectivity index (χ0n) is 13.8. The lowest BCUT2D eigenvalue weighted by Crippen LogP contribution is -2.12. The van der Waals surface area contributed by atoms with Crippen molar-refractivity contribution in [3.8, 4) is 5.75 Å². The van der Waals surface area contributed by atoms with Gasteiger partial charge in [-0.25, -0.2) is 4.39 Å². The van der Waals surface area contributed by atoms with Crippen molar-refractivity contribution in [2.75, 3.05) is 25.6 Å². The molecular formula is C19H19FN2O3. The monoisotopic (exact) mass is 342 g/mol. The van der Waals surface area contributed by atoms with Gasteiger partial charge in [0, 0.05) is 42.8 Å². The van der Waals surface area contributed by atoms with Crippen molar-refractivity contribution in [3.63, 3.8) is 0 Å². The normalized spacial score (nSPS) is 10.8. The first kappa shape index (κ1) is 17.0. The van der Waals surface area contributed by atoms with Crippen molar-refractivity contribution in [1.29, 1.82) is 0 Å². The number of fused-ring (bicyclic) bond motifs is 1. The number of halogens is 1. The molecule has 1 aromatic heterocycles. The number of benzene rings is 2. The van der Waals surface area contributed by atoms with E-state index in [2.05, 4.69) is 10.3 Å². The van der Waals surface area contributed by atoms with Gasteiger partial charge >= 0.3 is 0 Å². The predicted molar refractivity (Wildman–Crippen MR) is 94.6 cm³/mol. The van der Waals surface area contributed by atoms with Gasteiger partial charge < -0.3 is 19.8 Å². The Bertz CT molecular complexity index is 876. The summed E-state index contributed by atoms with van der Waals surface area (Å²) >= 11 is 0. The number of H-pyrrole nitrogens is 1. The second-order valence-corrected chi connectivity index (χ2v) is 5.59. The second kappa shape index (κ2) is 7.81. The summed E-state index contributed by atoms with van der Waals surface area (Å²) < 4.78 is 23.8. The summed E-state index contributed by atoms with van der Waals surface area (Å²) in [5, 5.41) is 3.46. The molecule has 0 aliphatic heterocycles.